The topological polar surface area (TPSA) is 99.1 Å². The first-order valence-electron chi connectivity index (χ1n) is 8.95. The van der Waals surface area contributed by atoms with Gasteiger partial charge in [0.1, 0.15) is 25.4 Å². The molecule has 140 valence electrons. The van der Waals surface area contributed by atoms with Crippen molar-refractivity contribution in [1.29, 1.82) is 0 Å². The predicted octanol–water partition coefficient (Wildman–Crippen LogP) is 1.21. The summed E-state index contributed by atoms with van der Waals surface area (Å²) in [6.45, 7) is 2.33. The van der Waals surface area contributed by atoms with Crippen LogP contribution in [0.15, 0.2) is 0 Å². The summed E-state index contributed by atoms with van der Waals surface area (Å²) in [7, 11) is 0. The molecule has 1 N–H and O–H groups in total. The maximum Gasteiger partial charge on any atom is 0.312 e. The number of hydrogen-bond donors (Lipinski definition) is 1. The van der Waals surface area contributed by atoms with Gasteiger partial charge in [0.05, 0.1) is 5.41 Å². The Kier molecular flexibility index (Phi) is 5.04. The number of esters is 3. The summed E-state index contributed by atoms with van der Waals surface area (Å²) in [5.74, 6) is -0.120. The molecular formula is C18H26O7. The van der Waals surface area contributed by atoms with Gasteiger partial charge in [0, 0.05) is 13.8 Å². The Bertz CT molecular complexity index is 542. The molecule has 4 bridgehead atoms. The molecule has 0 aromatic heterocycles. The molecule has 7 heteroatoms. The zero-order chi connectivity index (χ0) is 18.2. The molecule has 4 rings (SSSR count). The van der Waals surface area contributed by atoms with E-state index in [1.54, 1.807) is 0 Å². The van der Waals surface area contributed by atoms with Crippen molar-refractivity contribution in [3.05, 3.63) is 0 Å². The summed E-state index contributed by atoms with van der Waals surface area (Å²) in [4.78, 5) is 34.8. The Morgan fingerprint density at radius 2 is 1.60 bits per heavy atom. The first-order chi connectivity index (χ1) is 11.8. The maximum absolute atomic E-state index is 12.7. The number of rotatable bonds is 6. The minimum Gasteiger partial charge on any atom is -0.463 e. The average molecular weight is 354 g/mol. The van der Waals surface area contributed by atoms with Gasteiger partial charge < -0.3 is 19.3 Å². The number of aliphatic hydroxyl groups excluding tert-OH is 1. The van der Waals surface area contributed by atoms with E-state index in [0.717, 1.165) is 19.3 Å². The lowest BCUT2D eigenvalue weighted by Gasteiger charge is -2.57. The van der Waals surface area contributed by atoms with Crippen LogP contribution in [0.3, 0.4) is 0 Å². The third kappa shape index (κ3) is 3.81. The number of aliphatic hydroxyl groups is 1. The molecule has 0 aromatic carbocycles. The van der Waals surface area contributed by atoms with E-state index < -0.39 is 17.5 Å². The minimum absolute atomic E-state index is 0.0791. The molecule has 0 radical (unpaired) electrons. The van der Waals surface area contributed by atoms with Crippen LogP contribution < -0.4 is 0 Å². The fourth-order valence-electron chi connectivity index (χ4n) is 5.20. The molecule has 0 heterocycles. The second-order valence-corrected chi connectivity index (χ2v) is 7.88. The van der Waals surface area contributed by atoms with Gasteiger partial charge in [0.25, 0.3) is 0 Å². The second-order valence-electron chi connectivity index (χ2n) is 7.88. The van der Waals surface area contributed by atoms with Gasteiger partial charge in [0.2, 0.25) is 0 Å². The normalized spacial score (nSPS) is 36.6. The Morgan fingerprint density at radius 3 is 2.16 bits per heavy atom. The van der Waals surface area contributed by atoms with Crippen molar-refractivity contribution in [2.45, 2.75) is 58.2 Å². The molecule has 3 atom stereocenters. The summed E-state index contributed by atoms with van der Waals surface area (Å²) in [6.07, 6.45) is 3.07. The quantitative estimate of drug-likeness (QED) is 0.565. The summed E-state index contributed by atoms with van der Waals surface area (Å²) in [5.41, 5.74) is -0.520. The van der Waals surface area contributed by atoms with Crippen molar-refractivity contribution in [2.24, 2.45) is 23.2 Å². The maximum atomic E-state index is 12.7. The van der Waals surface area contributed by atoms with E-state index in [1.807, 2.05) is 0 Å². The number of ether oxygens (including phenoxy) is 3. The van der Waals surface area contributed by atoms with Gasteiger partial charge in [-0.15, -0.1) is 0 Å². The summed E-state index contributed by atoms with van der Waals surface area (Å²) < 4.78 is 15.6. The van der Waals surface area contributed by atoms with Crippen molar-refractivity contribution < 1.29 is 33.7 Å². The highest BCUT2D eigenvalue weighted by molar-refractivity contribution is 5.77. The van der Waals surface area contributed by atoms with Crippen molar-refractivity contribution in [3.8, 4) is 0 Å². The first-order valence-corrected chi connectivity index (χ1v) is 8.95. The highest BCUT2D eigenvalue weighted by atomic mass is 16.6. The zero-order valence-corrected chi connectivity index (χ0v) is 14.7. The lowest BCUT2D eigenvalue weighted by atomic mass is 9.48. The molecule has 3 unspecified atom stereocenters. The molecule has 0 aromatic rings. The zero-order valence-electron chi connectivity index (χ0n) is 14.7. The van der Waals surface area contributed by atoms with Crippen LogP contribution in [0.2, 0.25) is 0 Å². The number of carbonyl (C=O) groups is 3. The molecule has 7 nitrogen and oxygen atoms in total. The third-order valence-electron chi connectivity index (χ3n) is 5.81. The van der Waals surface area contributed by atoms with Crippen LogP contribution in [0.4, 0.5) is 0 Å². The van der Waals surface area contributed by atoms with E-state index in [2.05, 4.69) is 0 Å². The van der Waals surface area contributed by atoms with Crippen molar-refractivity contribution >= 4 is 17.9 Å². The van der Waals surface area contributed by atoms with E-state index in [9.17, 15) is 19.5 Å². The SMILES string of the molecule is CC(=O)OCC(O)COC(=O)C12CC3CC(C1)C(OC(C)=O)C(C3)C2. The van der Waals surface area contributed by atoms with Crippen molar-refractivity contribution in [3.63, 3.8) is 0 Å². The monoisotopic (exact) mass is 354 g/mol. The Morgan fingerprint density at radius 1 is 1.00 bits per heavy atom. The minimum atomic E-state index is -1.02. The lowest BCUT2D eigenvalue weighted by Crippen LogP contribution is -2.57. The van der Waals surface area contributed by atoms with Crippen LogP contribution in [0.1, 0.15) is 46.0 Å². The van der Waals surface area contributed by atoms with Crippen LogP contribution in [-0.2, 0) is 28.6 Å². The molecule has 4 fully saturated rings. The lowest BCUT2D eigenvalue weighted by molar-refractivity contribution is -0.196. The average Bonchev–Trinajstić information content (AvgIpc) is 2.53. The van der Waals surface area contributed by atoms with Gasteiger partial charge in [-0.25, -0.2) is 0 Å². The molecule has 4 aliphatic carbocycles. The highest BCUT2D eigenvalue weighted by Gasteiger charge is 2.60. The molecule has 0 saturated heterocycles. The third-order valence-corrected chi connectivity index (χ3v) is 5.81. The van der Waals surface area contributed by atoms with E-state index in [0.29, 0.717) is 18.8 Å². The van der Waals surface area contributed by atoms with Gasteiger partial charge in [-0.3, -0.25) is 14.4 Å². The van der Waals surface area contributed by atoms with Crippen LogP contribution in [0.5, 0.6) is 0 Å². The standard InChI is InChI=1S/C18H26O7/c1-10(19)23-8-15(21)9-24-17(22)18-5-12-3-13(6-18)16(25-11(2)20)14(4-12)7-18/h12-16,21H,3-9H2,1-2H3. The molecule has 0 spiro atoms. The number of hydrogen-bond acceptors (Lipinski definition) is 7. The molecule has 0 aliphatic heterocycles. The summed E-state index contributed by atoms with van der Waals surface area (Å²) in [5, 5.41) is 9.76. The largest absolute Gasteiger partial charge is 0.463 e. The van der Waals surface area contributed by atoms with Crippen LogP contribution in [0.25, 0.3) is 0 Å². The van der Waals surface area contributed by atoms with Crippen molar-refractivity contribution in [2.75, 3.05) is 13.2 Å². The predicted molar refractivity (Wildman–Crippen MR) is 85.1 cm³/mol. The van der Waals surface area contributed by atoms with E-state index in [4.69, 9.17) is 14.2 Å². The van der Waals surface area contributed by atoms with Crippen LogP contribution in [-0.4, -0.2) is 48.4 Å². The number of carbonyl (C=O) groups excluding carboxylic acids is 3. The first kappa shape index (κ1) is 18.2. The Labute approximate surface area is 147 Å². The van der Waals surface area contributed by atoms with Gasteiger partial charge >= 0.3 is 17.9 Å². The second kappa shape index (κ2) is 6.94. The molecule has 0 amide bonds. The van der Waals surface area contributed by atoms with Gasteiger partial charge in [0.15, 0.2) is 0 Å². The van der Waals surface area contributed by atoms with E-state index in [1.165, 1.54) is 13.8 Å². The molecular weight excluding hydrogens is 328 g/mol. The Hall–Kier alpha value is -1.63. The molecule has 4 aliphatic rings. The molecule has 4 saturated carbocycles. The fraction of sp³-hybridized carbons (Fsp3) is 0.833. The van der Waals surface area contributed by atoms with Gasteiger partial charge in [-0.1, -0.05) is 0 Å². The summed E-state index contributed by atoms with van der Waals surface area (Å²) >= 11 is 0. The van der Waals surface area contributed by atoms with Gasteiger partial charge in [-0.05, 0) is 49.9 Å². The fourth-order valence-corrected chi connectivity index (χ4v) is 5.20. The van der Waals surface area contributed by atoms with Crippen molar-refractivity contribution in [1.82, 2.24) is 0 Å². The van der Waals surface area contributed by atoms with E-state index in [-0.39, 0.29) is 43.1 Å². The van der Waals surface area contributed by atoms with E-state index >= 15 is 0 Å². The molecule has 25 heavy (non-hydrogen) atoms. The highest BCUT2D eigenvalue weighted by Crippen LogP contribution is 2.61. The summed E-state index contributed by atoms with van der Waals surface area (Å²) in [6, 6.07) is 0. The van der Waals surface area contributed by atoms with Crippen LogP contribution >= 0.6 is 0 Å². The van der Waals surface area contributed by atoms with Crippen LogP contribution in [0, 0.1) is 23.2 Å². The smallest absolute Gasteiger partial charge is 0.312 e. The Balaban J connectivity index is 1.58. The van der Waals surface area contributed by atoms with Gasteiger partial charge in [-0.2, -0.15) is 0 Å².